The summed E-state index contributed by atoms with van der Waals surface area (Å²) in [7, 11) is 17.0. The van der Waals surface area contributed by atoms with Crippen molar-refractivity contribution in [2.45, 2.75) is 49.5 Å². The summed E-state index contributed by atoms with van der Waals surface area (Å²) >= 11 is -2.89. The molecule has 1 atom stereocenters. The Morgan fingerprint density at radius 3 is 2.55 bits per heavy atom. The van der Waals surface area contributed by atoms with Gasteiger partial charge in [0.2, 0.25) is 0 Å². The zero-order valence-corrected chi connectivity index (χ0v) is 17.1. The van der Waals surface area contributed by atoms with Gasteiger partial charge in [0.25, 0.3) is 0 Å². The van der Waals surface area contributed by atoms with Crippen LogP contribution in [0.5, 0.6) is 0 Å². The van der Waals surface area contributed by atoms with E-state index in [0.717, 1.165) is 30.4 Å². The molecule has 116 valence electrons. The second-order valence-corrected chi connectivity index (χ2v) is 26.8. The third-order valence-corrected chi connectivity index (χ3v) is 9.60. The van der Waals surface area contributed by atoms with Crippen LogP contribution < -0.4 is 0 Å². The summed E-state index contributed by atoms with van der Waals surface area (Å²) in [5.41, 5.74) is 1.19. The zero-order chi connectivity index (χ0) is 14.8. The molecule has 0 radical (unpaired) electrons. The molecule has 6 heteroatoms. The molecule has 1 saturated heterocycles. The second kappa shape index (κ2) is 10.6. The SMILES string of the molecule is C1=CC[N-]C(C2CCCC[N-]2)=C1.CCC[CH2][Sn]([Cl])([Cl])[Cl]. The average molecular weight is 444 g/mol. The number of hydrogen-bond donors (Lipinski definition) is 0. The maximum atomic E-state index is 5.65. The van der Waals surface area contributed by atoms with Crippen LogP contribution >= 0.6 is 26.8 Å². The number of halogens is 3. The first-order chi connectivity index (χ1) is 9.53. The number of nitrogens with zero attached hydrogens (tertiary/aromatic N) is 2. The fourth-order valence-electron chi connectivity index (χ4n) is 2.06. The van der Waals surface area contributed by atoms with E-state index >= 15 is 0 Å². The van der Waals surface area contributed by atoms with Gasteiger partial charge in [0.15, 0.2) is 0 Å². The van der Waals surface area contributed by atoms with Crippen molar-refractivity contribution in [3.05, 3.63) is 34.6 Å². The van der Waals surface area contributed by atoms with Gasteiger partial charge in [-0.15, -0.1) is 25.2 Å². The molecule has 2 aliphatic heterocycles. The number of piperidine rings is 1. The van der Waals surface area contributed by atoms with Gasteiger partial charge in [-0.25, -0.2) is 0 Å². The summed E-state index contributed by atoms with van der Waals surface area (Å²) < 4.78 is 0.871. The van der Waals surface area contributed by atoms with Gasteiger partial charge < -0.3 is 10.6 Å². The first kappa shape index (κ1) is 19.0. The fourth-order valence-corrected chi connectivity index (χ4v) is 6.90. The van der Waals surface area contributed by atoms with E-state index in [1.54, 1.807) is 0 Å². The fraction of sp³-hybridized carbons (Fsp3) is 0.714. The van der Waals surface area contributed by atoms with Crippen molar-refractivity contribution in [2.75, 3.05) is 13.1 Å². The molecule has 2 nitrogen and oxygen atoms in total. The molecule has 20 heavy (non-hydrogen) atoms. The molecule has 0 bridgehead atoms. The van der Waals surface area contributed by atoms with Gasteiger partial charge in [0.05, 0.1) is 0 Å². The van der Waals surface area contributed by atoms with Crippen LogP contribution in [0.3, 0.4) is 0 Å². The molecule has 0 aliphatic carbocycles. The molecule has 1 fully saturated rings. The van der Waals surface area contributed by atoms with E-state index in [4.69, 9.17) is 26.8 Å². The van der Waals surface area contributed by atoms with Crippen molar-refractivity contribution in [1.82, 2.24) is 0 Å². The van der Waals surface area contributed by atoms with Crippen molar-refractivity contribution in [3.8, 4) is 0 Å². The van der Waals surface area contributed by atoms with Gasteiger partial charge in [0, 0.05) is 0 Å². The van der Waals surface area contributed by atoms with E-state index in [-0.39, 0.29) is 0 Å². The monoisotopic (exact) mass is 444 g/mol. The molecule has 2 aliphatic rings. The Morgan fingerprint density at radius 2 is 2.10 bits per heavy atom. The van der Waals surface area contributed by atoms with Crippen molar-refractivity contribution in [2.24, 2.45) is 0 Å². The van der Waals surface area contributed by atoms with Gasteiger partial charge in [0.1, 0.15) is 0 Å². The summed E-state index contributed by atoms with van der Waals surface area (Å²) in [6, 6.07) is 0.406. The standard InChI is InChI=1S/C10H14N2.C4H9.3ClH.Sn/c1-3-7-11-9(5-1)10-6-2-4-8-12-10;1-3-4-2;;;;/h1,3,5,10H,2,4,6-8H2;1,3-4H2,2H3;3*1H;/q-2;;;;;+3/p-3. The molecule has 2 heterocycles. The van der Waals surface area contributed by atoms with Crippen LogP contribution in [0.25, 0.3) is 10.6 Å². The maximum absolute atomic E-state index is 5.65. The molecule has 0 aromatic heterocycles. The molecule has 2 rings (SSSR count). The number of hydrogen-bond acceptors (Lipinski definition) is 0. The van der Waals surface area contributed by atoms with Crippen LogP contribution in [-0.4, -0.2) is 34.1 Å². The number of allylic oxidation sites excluding steroid dienone is 2. The molecule has 0 spiro atoms. The van der Waals surface area contributed by atoms with Gasteiger partial charge >= 0.3 is 66.0 Å². The van der Waals surface area contributed by atoms with Crippen LogP contribution in [0.15, 0.2) is 23.9 Å². The molecular weight excluding hydrogens is 421 g/mol. The Bertz CT molecular complexity index is 321. The average Bonchev–Trinajstić information content (AvgIpc) is 2.47. The van der Waals surface area contributed by atoms with Gasteiger partial charge in [-0.1, -0.05) is 31.4 Å². The van der Waals surface area contributed by atoms with E-state index in [2.05, 4.69) is 35.8 Å². The summed E-state index contributed by atoms with van der Waals surface area (Å²) in [4.78, 5) is 0. The van der Waals surface area contributed by atoms with Gasteiger partial charge in [-0.05, 0) is 0 Å². The Kier molecular flexibility index (Phi) is 10.1. The molecule has 0 aromatic rings. The van der Waals surface area contributed by atoms with Crippen LogP contribution in [0.2, 0.25) is 4.44 Å². The number of rotatable bonds is 4. The Morgan fingerprint density at radius 1 is 1.30 bits per heavy atom. The topological polar surface area (TPSA) is 28.2 Å². The van der Waals surface area contributed by atoms with Crippen molar-refractivity contribution < 1.29 is 0 Å². The predicted octanol–water partition coefficient (Wildman–Crippen LogP) is 6.18. The van der Waals surface area contributed by atoms with Crippen molar-refractivity contribution >= 4 is 41.8 Å². The zero-order valence-electron chi connectivity index (χ0n) is 12.0. The van der Waals surface area contributed by atoms with Gasteiger partial charge in [-0.3, -0.25) is 0 Å². The van der Waals surface area contributed by atoms with E-state index in [1.807, 2.05) is 0 Å². The third kappa shape index (κ3) is 9.03. The molecule has 0 amide bonds. The van der Waals surface area contributed by atoms with E-state index < -0.39 is 15.0 Å². The first-order valence-electron chi connectivity index (χ1n) is 7.30. The van der Waals surface area contributed by atoms with Crippen molar-refractivity contribution in [1.29, 1.82) is 0 Å². The summed E-state index contributed by atoms with van der Waals surface area (Å²) in [5.74, 6) is 0. The van der Waals surface area contributed by atoms with Crippen LogP contribution in [0.4, 0.5) is 0 Å². The molecular formula is C14H23Cl3N2Sn-2. The minimum atomic E-state index is -2.89. The second-order valence-electron chi connectivity index (χ2n) is 5.00. The van der Waals surface area contributed by atoms with E-state index in [1.165, 1.54) is 25.0 Å². The Hall–Kier alpha value is 0.909. The van der Waals surface area contributed by atoms with Gasteiger partial charge in [-0.2, -0.15) is 5.70 Å². The summed E-state index contributed by atoms with van der Waals surface area (Å²) in [6.45, 7) is 3.97. The summed E-state index contributed by atoms with van der Waals surface area (Å²) in [5, 5.41) is 8.99. The molecule has 0 N–H and O–H groups in total. The Balaban J connectivity index is 0.000000221. The van der Waals surface area contributed by atoms with Crippen LogP contribution in [-0.2, 0) is 0 Å². The van der Waals surface area contributed by atoms with Crippen molar-refractivity contribution in [3.63, 3.8) is 0 Å². The first-order valence-corrected chi connectivity index (χ1v) is 20.2. The molecule has 0 aromatic carbocycles. The summed E-state index contributed by atoms with van der Waals surface area (Å²) in [6.07, 6.45) is 12.2. The van der Waals surface area contributed by atoms with E-state index in [0.29, 0.717) is 6.04 Å². The third-order valence-electron chi connectivity index (χ3n) is 3.17. The Labute approximate surface area is 138 Å². The number of unbranched alkanes of at least 4 members (excludes halogenated alkanes) is 1. The van der Waals surface area contributed by atoms with Crippen LogP contribution in [0.1, 0.15) is 39.0 Å². The minimum absolute atomic E-state index is 0.406. The van der Waals surface area contributed by atoms with Crippen LogP contribution in [0, 0.1) is 0 Å². The normalized spacial score (nSPS) is 22.4. The quantitative estimate of drug-likeness (QED) is 0.463. The molecule has 0 saturated carbocycles. The van der Waals surface area contributed by atoms with E-state index in [9.17, 15) is 0 Å². The molecule has 1 unspecified atom stereocenters. The predicted molar refractivity (Wildman–Crippen MR) is 94.3 cm³/mol.